The maximum atomic E-state index is 2.25. The highest BCUT2D eigenvalue weighted by Gasteiger charge is 1.90. The number of hydrogen-bond acceptors (Lipinski definition) is 2. The molecule has 1 aliphatic heterocycles. The summed E-state index contributed by atoms with van der Waals surface area (Å²) in [6.45, 7) is 2.25. The van der Waals surface area contributed by atoms with Crippen LogP contribution in [0.25, 0.3) is 0 Å². The Morgan fingerprint density at radius 2 is 1.88 bits per heavy atom. The molecular weight excluding hydrogens is 244 g/mol. The average molecular weight is 266 g/mol. The average Bonchev–Trinajstić information content (AvgIpc) is 2.95. The van der Waals surface area contributed by atoms with Gasteiger partial charge < -0.3 is 0 Å². The summed E-state index contributed by atoms with van der Waals surface area (Å²) in [6.07, 6.45) is 8.85. The molecule has 0 fully saturated rings. The van der Waals surface area contributed by atoms with Crippen molar-refractivity contribution >= 4 is 21.6 Å². The summed E-state index contributed by atoms with van der Waals surface area (Å²) < 4.78 is 0. The van der Waals surface area contributed by atoms with E-state index >= 15 is 0 Å². The number of aryl methyl sites for hydroxylation is 1. The van der Waals surface area contributed by atoms with Crippen molar-refractivity contribution in [2.24, 2.45) is 0 Å². The van der Waals surface area contributed by atoms with Gasteiger partial charge in [-0.25, -0.2) is 0 Å². The molecule has 1 aromatic rings. The van der Waals surface area contributed by atoms with Gasteiger partial charge in [-0.1, -0.05) is 84.2 Å². The summed E-state index contributed by atoms with van der Waals surface area (Å²) >= 11 is 0. The standard InChI is InChI=1S/C12H18.C3H4S2/c1-2-3-4-6-9-12-10-7-5-8-11-12;1-2-4-5-3-1/h5,7-8,10-11H,2-4,6,9H2,1H3;1-2H,3H2. The lowest BCUT2D eigenvalue weighted by molar-refractivity contribution is 0.667. The van der Waals surface area contributed by atoms with Gasteiger partial charge in [0.05, 0.1) is 0 Å². The first-order valence-corrected chi connectivity index (χ1v) is 8.79. The van der Waals surface area contributed by atoms with Crippen LogP contribution in [-0.2, 0) is 6.42 Å². The van der Waals surface area contributed by atoms with E-state index in [4.69, 9.17) is 0 Å². The highest BCUT2D eigenvalue weighted by molar-refractivity contribution is 8.78. The molecule has 0 radical (unpaired) electrons. The molecule has 17 heavy (non-hydrogen) atoms. The van der Waals surface area contributed by atoms with Gasteiger partial charge >= 0.3 is 0 Å². The van der Waals surface area contributed by atoms with Crippen LogP contribution in [0.2, 0.25) is 0 Å². The van der Waals surface area contributed by atoms with Crippen molar-refractivity contribution in [2.45, 2.75) is 39.0 Å². The topological polar surface area (TPSA) is 0 Å². The minimum absolute atomic E-state index is 1.20. The fourth-order valence-electron chi connectivity index (χ4n) is 1.60. The predicted octanol–water partition coefficient (Wildman–Crippen LogP) is 5.70. The van der Waals surface area contributed by atoms with E-state index in [1.807, 2.05) is 21.6 Å². The molecule has 1 heterocycles. The quantitative estimate of drug-likeness (QED) is 0.495. The van der Waals surface area contributed by atoms with Gasteiger partial charge in [-0.3, -0.25) is 0 Å². The van der Waals surface area contributed by atoms with Gasteiger partial charge in [0.2, 0.25) is 0 Å². The molecule has 2 rings (SSSR count). The minimum atomic E-state index is 1.20. The second kappa shape index (κ2) is 10.8. The van der Waals surface area contributed by atoms with Crippen molar-refractivity contribution in [3.8, 4) is 0 Å². The maximum Gasteiger partial charge on any atom is 0.0229 e. The van der Waals surface area contributed by atoms with Crippen LogP contribution in [0.5, 0.6) is 0 Å². The summed E-state index contributed by atoms with van der Waals surface area (Å²) in [5.74, 6) is 1.20. The first kappa shape index (κ1) is 14.7. The van der Waals surface area contributed by atoms with Crippen molar-refractivity contribution in [3.05, 3.63) is 47.4 Å². The first-order chi connectivity index (χ1) is 8.43. The van der Waals surface area contributed by atoms with Crippen LogP contribution in [0.15, 0.2) is 41.8 Å². The van der Waals surface area contributed by atoms with E-state index in [1.165, 1.54) is 43.4 Å². The Morgan fingerprint density at radius 1 is 1.06 bits per heavy atom. The van der Waals surface area contributed by atoms with Gasteiger partial charge in [-0.15, -0.1) is 0 Å². The van der Waals surface area contributed by atoms with E-state index in [-0.39, 0.29) is 0 Å². The first-order valence-electron chi connectivity index (χ1n) is 6.40. The van der Waals surface area contributed by atoms with Crippen molar-refractivity contribution in [3.63, 3.8) is 0 Å². The van der Waals surface area contributed by atoms with Crippen molar-refractivity contribution in [1.82, 2.24) is 0 Å². The van der Waals surface area contributed by atoms with Crippen LogP contribution in [0, 0.1) is 0 Å². The lowest BCUT2D eigenvalue weighted by atomic mass is 10.1. The molecule has 0 unspecified atom stereocenters. The fourth-order valence-corrected chi connectivity index (χ4v) is 3.17. The largest absolute Gasteiger partial charge is 0.0854 e. The smallest absolute Gasteiger partial charge is 0.0229 e. The third kappa shape index (κ3) is 8.39. The zero-order valence-electron chi connectivity index (χ0n) is 10.6. The Balaban J connectivity index is 0.000000239. The van der Waals surface area contributed by atoms with E-state index < -0.39 is 0 Å². The van der Waals surface area contributed by atoms with E-state index in [0.29, 0.717) is 0 Å². The molecule has 0 atom stereocenters. The molecule has 1 aromatic carbocycles. The highest BCUT2D eigenvalue weighted by atomic mass is 33.1. The second-order valence-electron chi connectivity index (χ2n) is 4.05. The van der Waals surface area contributed by atoms with E-state index in [1.54, 1.807) is 0 Å². The van der Waals surface area contributed by atoms with Gasteiger partial charge in [-0.2, -0.15) is 0 Å². The van der Waals surface area contributed by atoms with E-state index in [2.05, 4.69) is 48.7 Å². The van der Waals surface area contributed by atoms with Crippen molar-refractivity contribution < 1.29 is 0 Å². The molecule has 0 aliphatic carbocycles. The summed E-state index contributed by atoms with van der Waals surface area (Å²) in [7, 11) is 3.69. The van der Waals surface area contributed by atoms with Crippen LogP contribution >= 0.6 is 21.6 Å². The molecule has 0 N–H and O–H groups in total. The number of hydrogen-bond donors (Lipinski definition) is 0. The molecule has 0 nitrogen and oxygen atoms in total. The molecule has 0 aromatic heterocycles. The van der Waals surface area contributed by atoms with Gasteiger partial charge in [-0.05, 0) is 23.8 Å². The summed E-state index contributed by atoms with van der Waals surface area (Å²) in [5, 5.41) is 2.12. The Kier molecular flexibility index (Phi) is 9.34. The summed E-state index contributed by atoms with van der Waals surface area (Å²) in [5.41, 5.74) is 1.48. The molecule has 0 bridgehead atoms. The van der Waals surface area contributed by atoms with Gasteiger partial charge in [0.25, 0.3) is 0 Å². The van der Waals surface area contributed by atoms with Crippen molar-refractivity contribution in [1.29, 1.82) is 0 Å². The Hall–Kier alpha value is -0.340. The number of rotatable bonds is 5. The Labute approximate surface area is 114 Å². The Morgan fingerprint density at radius 3 is 2.41 bits per heavy atom. The minimum Gasteiger partial charge on any atom is -0.0854 e. The van der Waals surface area contributed by atoms with Crippen LogP contribution in [0.1, 0.15) is 38.2 Å². The predicted molar refractivity (Wildman–Crippen MR) is 83.5 cm³/mol. The Bertz CT molecular complexity index is 287. The van der Waals surface area contributed by atoms with Crippen LogP contribution < -0.4 is 0 Å². The molecule has 0 spiro atoms. The van der Waals surface area contributed by atoms with Crippen molar-refractivity contribution in [2.75, 3.05) is 5.75 Å². The summed E-state index contributed by atoms with van der Waals surface area (Å²) in [4.78, 5) is 0. The molecule has 2 heteroatoms. The third-order valence-corrected chi connectivity index (χ3v) is 4.46. The molecule has 0 amide bonds. The zero-order valence-corrected chi connectivity index (χ0v) is 12.2. The molecule has 94 valence electrons. The summed E-state index contributed by atoms with van der Waals surface area (Å²) in [6, 6.07) is 10.7. The molecular formula is C15H22S2. The molecule has 1 aliphatic rings. The second-order valence-corrected chi connectivity index (χ2v) is 6.37. The number of benzene rings is 1. The maximum absolute atomic E-state index is 2.25. The number of unbranched alkanes of at least 4 members (excludes halogenated alkanes) is 3. The lowest BCUT2D eigenvalue weighted by Crippen LogP contribution is -1.84. The van der Waals surface area contributed by atoms with E-state index in [0.717, 1.165) is 0 Å². The van der Waals surface area contributed by atoms with Crippen LogP contribution in [0.3, 0.4) is 0 Å². The fraction of sp³-hybridized carbons (Fsp3) is 0.467. The zero-order chi connectivity index (χ0) is 12.2. The third-order valence-electron chi connectivity index (χ3n) is 2.55. The molecule has 0 saturated carbocycles. The van der Waals surface area contributed by atoms with Crippen LogP contribution in [0.4, 0.5) is 0 Å². The van der Waals surface area contributed by atoms with E-state index in [9.17, 15) is 0 Å². The highest BCUT2D eigenvalue weighted by Crippen LogP contribution is 2.27. The SMILES string of the molecule is C1=CSSC1.CCCCCCc1ccccc1. The van der Waals surface area contributed by atoms with Crippen LogP contribution in [-0.4, -0.2) is 5.75 Å². The lowest BCUT2D eigenvalue weighted by Gasteiger charge is -1.99. The monoisotopic (exact) mass is 266 g/mol. The molecule has 0 saturated heterocycles. The van der Waals surface area contributed by atoms with Gasteiger partial charge in [0.1, 0.15) is 0 Å². The van der Waals surface area contributed by atoms with Gasteiger partial charge in [0, 0.05) is 5.75 Å². The van der Waals surface area contributed by atoms with Gasteiger partial charge in [0.15, 0.2) is 0 Å². The normalized spacial score (nSPS) is 13.2.